The van der Waals surface area contributed by atoms with Gasteiger partial charge in [0.05, 0.1) is 39.6 Å². The molecule has 0 radical (unpaired) electrons. The van der Waals surface area contributed by atoms with E-state index < -0.39 is 5.79 Å². The van der Waals surface area contributed by atoms with Crippen LogP contribution in [0.4, 0.5) is 0 Å². The zero-order chi connectivity index (χ0) is 20.1. The molecule has 0 aromatic rings. The molecule has 0 aromatic carbocycles. The van der Waals surface area contributed by atoms with Crippen LogP contribution in [0.5, 0.6) is 0 Å². The number of alkyl halides is 2. The third-order valence-corrected chi connectivity index (χ3v) is 10.2. The Bertz CT molecular complexity index is 404. The number of halogens is 2. The molecule has 2 saturated heterocycles. The van der Waals surface area contributed by atoms with Crippen LogP contribution in [-0.4, -0.2) is 70.3 Å². The molecule has 8 heteroatoms. The molecule has 2 aliphatic carbocycles. The van der Waals surface area contributed by atoms with Crippen molar-refractivity contribution in [3.05, 3.63) is 0 Å². The van der Waals surface area contributed by atoms with Crippen molar-refractivity contribution in [2.45, 2.75) is 70.4 Å². The molecule has 0 unspecified atom stereocenters. The van der Waals surface area contributed by atoms with E-state index in [-0.39, 0.29) is 31.8 Å². The van der Waals surface area contributed by atoms with Gasteiger partial charge in [0.15, 0.2) is 11.6 Å². The zero-order valence-electron chi connectivity index (χ0n) is 16.6. The average molecular weight is 640 g/mol. The van der Waals surface area contributed by atoms with E-state index >= 15 is 0 Å². The van der Waals surface area contributed by atoms with E-state index in [9.17, 15) is 10.2 Å². The molecule has 0 atom stereocenters. The molecule has 6 nitrogen and oxygen atoms in total. The first-order valence-corrected chi connectivity index (χ1v) is 13.4. The predicted octanol–water partition coefficient (Wildman–Crippen LogP) is 4.07. The number of aliphatic hydroxyl groups is 2. The Kier molecular flexibility index (Phi) is 10.4. The maximum absolute atomic E-state index is 9.23. The highest BCUT2D eigenvalue weighted by molar-refractivity contribution is 14.1. The van der Waals surface area contributed by atoms with E-state index in [1.54, 1.807) is 0 Å². The lowest BCUT2D eigenvalue weighted by molar-refractivity contribution is -0.198. The van der Waals surface area contributed by atoms with Gasteiger partial charge >= 0.3 is 0 Å². The van der Waals surface area contributed by atoms with E-state index in [2.05, 4.69) is 45.2 Å². The number of rotatable bonds is 4. The lowest BCUT2D eigenvalue weighted by atomic mass is 9.73. The number of ether oxygens (including phenoxy) is 4. The Morgan fingerprint density at radius 2 is 0.862 bits per heavy atom. The second kappa shape index (κ2) is 11.4. The Morgan fingerprint density at radius 1 is 0.552 bits per heavy atom. The van der Waals surface area contributed by atoms with Gasteiger partial charge in [0.1, 0.15) is 0 Å². The van der Waals surface area contributed by atoms with E-state index in [1.165, 1.54) is 21.7 Å². The van der Waals surface area contributed by atoms with Crippen LogP contribution in [0, 0.1) is 10.8 Å². The fourth-order valence-electron chi connectivity index (χ4n) is 4.56. The van der Waals surface area contributed by atoms with Crippen molar-refractivity contribution in [2.75, 3.05) is 48.5 Å². The first-order chi connectivity index (χ1) is 13.5. The van der Waals surface area contributed by atoms with Crippen LogP contribution in [0.1, 0.15) is 58.8 Å². The van der Waals surface area contributed by atoms with Crippen molar-refractivity contribution in [2.24, 2.45) is 10.8 Å². The SMILES string of the molecule is C.ICC1(CI)CCC2(CC1)OCCO2.OCC1(CO)CCC2(CC1)OCCO2. The van der Waals surface area contributed by atoms with E-state index in [0.717, 1.165) is 51.7 Å². The molecule has 0 bridgehead atoms. The minimum Gasteiger partial charge on any atom is -0.396 e. The van der Waals surface area contributed by atoms with Crippen LogP contribution in [0.3, 0.4) is 0 Å². The third-order valence-electron chi connectivity index (χ3n) is 7.01. The highest BCUT2D eigenvalue weighted by atomic mass is 127. The molecule has 4 aliphatic rings. The molecule has 2 saturated carbocycles. The van der Waals surface area contributed by atoms with Gasteiger partial charge in [-0.2, -0.15) is 0 Å². The lowest BCUT2D eigenvalue weighted by Crippen LogP contribution is -2.43. The summed E-state index contributed by atoms with van der Waals surface area (Å²) in [5.74, 6) is -0.574. The Morgan fingerprint density at radius 3 is 1.14 bits per heavy atom. The Balaban J connectivity index is 0.000000200. The van der Waals surface area contributed by atoms with Crippen LogP contribution in [-0.2, 0) is 18.9 Å². The summed E-state index contributed by atoms with van der Waals surface area (Å²) >= 11 is 5.05. The quantitative estimate of drug-likeness (QED) is 0.357. The largest absolute Gasteiger partial charge is 0.396 e. The summed E-state index contributed by atoms with van der Waals surface area (Å²) in [7, 11) is 0. The number of aliphatic hydroxyl groups excluding tert-OH is 2. The molecular weight excluding hydrogens is 602 g/mol. The van der Waals surface area contributed by atoms with Gasteiger partial charge in [-0.15, -0.1) is 0 Å². The van der Waals surface area contributed by atoms with Gasteiger partial charge in [-0.3, -0.25) is 0 Å². The molecule has 2 spiro atoms. The second-order valence-electron chi connectivity index (χ2n) is 8.80. The maximum Gasteiger partial charge on any atom is 0.168 e. The predicted molar refractivity (Wildman–Crippen MR) is 130 cm³/mol. The minimum absolute atomic E-state index is 0. The first-order valence-electron chi connectivity index (χ1n) is 10.4. The smallest absolute Gasteiger partial charge is 0.168 e. The van der Waals surface area contributed by atoms with Gasteiger partial charge in [-0.1, -0.05) is 52.6 Å². The Hall–Kier alpha value is 1.22. The minimum atomic E-state index is -0.395. The van der Waals surface area contributed by atoms with Crippen LogP contribution in [0.2, 0.25) is 0 Å². The van der Waals surface area contributed by atoms with Crippen LogP contribution in [0.25, 0.3) is 0 Å². The topological polar surface area (TPSA) is 77.4 Å². The van der Waals surface area contributed by atoms with Crippen LogP contribution in [0.15, 0.2) is 0 Å². The van der Waals surface area contributed by atoms with Gasteiger partial charge in [0, 0.05) is 40.0 Å². The summed E-state index contributed by atoms with van der Waals surface area (Å²) in [4.78, 5) is 0. The molecule has 0 aromatic heterocycles. The zero-order valence-corrected chi connectivity index (χ0v) is 20.9. The second-order valence-corrected chi connectivity index (χ2v) is 10.3. The molecule has 4 fully saturated rings. The van der Waals surface area contributed by atoms with Crippen molar-refractivity contribution in [1.29, 1.82) is 0 Å². The van der Waals surface area contributed by atoms with Gasteiger partial charge in [-0.25, -0.2) is 0 Å². The van der Waals surface area contributed by atoms with Crippen molar-refractivity contribution in [3.8, 4) is 0 Å². The van der Waals surface area contributed by atoms with E-state index in [1.807, 2.05) is 0 Å². The number of hydrogen-bond donors (Lipinski definition) is 2. The van der Waals surface area contributed by atoms with E-state index in [4.69, 9.17) is 18.9 Å². The fourth-order valence-corrected chi connectivity index (χ4v) is 7.66. The molecule has 2 heterocycles. The highest BCUT2D eigenvalue weighted by Gasteiger charge is 2.46. The lowest BCUT2D eigenvalue weighted by Gasteiger charge is -2.42. The fraction of sp³-hybridized carbons (Fsp3) is 1.00. The highest BCUT2D eigenvalue weighted by Crippen LogP contribution is 2.46. The summed E-state index contributed by atoms with van der Waals surface area (Å²) in [6, 6.07) is 0. The Labute approximate surface area is 203 Å². The standard InChI is InChI=1S/C10H16I2O2.C10H18O4.CH4/c2*11-7-9(8-12)1-3-10(4-2-9)13-5-6-14-10;/h1-8H2;11-12H,1-8H2;1H4. The summed E-state index contributed by atoms with van der Waals surface area (Å²) in [5.41, 5.74) is 0.252. The molecule has 0 amide bonds. The summed E-state index contributed by atoms with van der Waals surface area (Å²) in [5, 5.41) is 18.5. The van der Waals surface area contributed by atoms with Gasteiger partial charge in [-0.05, 0) is 31.1 Å². The molecule has 29 heavy (non-hydrogen) atoms. The normalized spacial score (nSPS) is 28.6. The van der Waals surface area contributed by atoms with E-state index in [0.29, 0.717) is 18.6 Å². The summed E-state index contributed by atoms with van der Waals surface area (Å²) < 4.78 is 25.2. The van der Waals surface area contributed by atoms with Crippen molar-refractivity contribution < 1.29 is 29.2 Å². The first kappa shape index (κ1) is 26.5. The molecule has 172 valence electrons. The average Bonchev–Trinajstić information content (AvgIpc) is 3.41. The maximum atomic E-state index is 9.23. The monoisotopic (exact) mass is 640 g/mol. The number of hydrogen-bond acceptors (Lipinski definition) is 6. The third kappa shape index (κ3) is 6.17. The van der Waals surface area contributed by atoms with Crippen molar-refractivity contribution in [3.63, 3.8) is 0 Å². The summed E-state index contributed by atoms with van der Waals surface area (Å²) in [6.07, 6.45) is 7.85. The van der Waals surface area contributed by atoms with Gasteiger partial charge in [0.25, 0.3) is 0 Å². The molecule has 2 N–H and O–H groups in total. The summed E-state index contributed by atoms with van der Waals surface area (Å²) in [6.45, 7) is 3.04. The van der Waals surface area contributed by atoms with Crippen LogP contribution >= 0.6 is 45.2 Å². The van der Waals surface area contributed by atoms with Crippen molar-refractivity contribution >= 4 is 45.2 Å². The van der Waals surface area contributed by atoms with Gasteiger partial charge in [0.2, 0.25) is 0 Å². The molecule has 2 aliphatic heterocycles. The van der Waals surface area contributed by atoms with Crippen LogP contribution < -0.4 is 0 Å². The van der Waals surface area contributed by atoms with Gasteiger partial charge < -0.3 is 29.2 Å². The van der Waals surface area contributed by atoms with Crippen molar-refractivity contribution in [1.82, 2.24) is 0 Å². The molecule has 4 rings (SSSR count). The molecular formula is C21H38I2O6.